The maximum absolute atomic E-state index is 13.1. The van der Waals surface area contributed by atoms with Crippen LogP contribution in [0.15, 0.2) is 17.6 Å². The molecule has 0 spiro atoms. The van der Waals surface area contributed by atoms with Crippen molar-refractivity contribution in [3.8, 4) is 0 Å². The number of fused-ring (bicyclic) bond motifs is 1. The number of nitrogens with two attached hydrogens (primary N) is 1. The van der Waals surface area contributed by atoms with Gasteiger partial charge in [-0.2, -0.15) is 4.98 Å². The fourth-order valence-corrected chi connectivity index (χ4v) is 3.42. The molecule has 2 aromatic heterocycles. The topological polar surface area (TPSA) is 83.0 Å². The van der Waals surface area contributed by atoms with Crippen LogP contribution in [0.1, 0.15) is 49.8 Å². The summed E-state index contributed by atoms with van der Waals surface area (Å²) in [4.78, 5) is 21.6. The normalized spacial score (nSPS) is 15.2. The van der Waals surface area contributed by atoms with Crippen molar-refractivity contribution in [3.63, 3.8) is 0 Å². The molecule has 0 saturated heterocycles. The summed E-state index contributed by atoms with van der Waals surface area (Å²) in [5.74, 6) is 0.583. The summed E-state index contributed by atoms with van der Waals surface area (Å²) in [7, 11) is 0. The van der Waals surface area contributed by atoms with Crippen LogP contribution >= 0.6 is 0 Å². The lowest BCUT2D eigenvalue weighted by molar-refractivity contribution is 0.298. The first-order valence-electron chi connectivity index (χ1n) is 8.04. The van der Waals surface area contributed by atoms with Crippen LogP contribution in [-0.4, -0.2) is 21.1 Å². The Morgan fingerprint density at radius 1 is 1.48 bits per heavy atom. The molecule has 1 saturated carbocycles. The van der Waals surface area contributed by atoms with Gasteiger partial charge in [-0.3, -0.25) is 9.36 Å². The van der Waals surface area contributed by atoms with Crippen LogP contribution < -0.4 is 11.3 Å². The second-order valence-electron chi connectivity index (χ2n) is 5.94. The lowest BCUT2D eigenvalue weighted by Gasteiger charge is -2.20. The Morgan fingerprint density at radius 3 is 2.83 bits per heavy atom. The number of hydrogen-bond donors (Lipinski definition) is 1. The Bertz CT molecular complexity index is 819. The van der Waals surface area contributed by atoms with Gasteiger partial charge in [0, 0.05) is 17.6 Å². The van der Waals surface area contributed by atoms with Crippen LogP contribution in [0, 0.1) is 6.92 Å². The number of nitrogen functional groups attached to an aromatic ring is 1. The zero-order valence-electron chi connectivity index (χ0n) is 13.6. The molecule has 1 aliphatic carbocycles. The first-order chi connectivity index (χ1) is 11.0. The standard InChI is InChI=1S/C17H22N4O2/c1-4-23-11(3)14-10(2)13-9-19-17(18)20-15(13)21(16(14)22)12-7-5-6-8-12/h9,12H,3-8H2,1-2H3,(H2,18,19,20). The maximum Gasteiger partial charge on any atom is 0.263 e. The van der Waals surface area contributed by atoms with Crippen molar-refractivity contribution in [2.24, 2.45) is 0 Å². The quantitative estimate of drug-likeness (QED) is 0.877. The number of anilines is 1. The van der Waals surface area contributed by atoms with Crippen molar-refractivity contribution in [1.82, 2.24) is 14.5 Å². The Labute approximate surface area is 135 Å². The first-order valence-corrected chi connectivity index (χ1v) is 8.04. The molecule has 0 unspecified atom stereocenters. The smallest absolute Gasteiger partial charge is 0.263 e. The van der Waals surface area contributed by atoms with Gasteiger partial charge in [-0.05, 0) is 32.3 Å². The van der Waals surface area contributed by atoms with Gasteiger partial charge in [0.1, 0.15) is 11.4 Å². The van der Waals surface area contributed by atoms with Crippen molar-refractivity contribution in [2.75, 3.05) is 12.3 Å². The molecule has 3 rings (SSSR count). The molecule has 0 atom stereocenters. The van der Waals surface area contributed by atoms with E-state index in [1.807, 2.05) is 13.8 Å². The van der Waals surface area contributed by atoms with E-state index < -0.39 is 0 Å². The number of nitrogens with zero attached hydrogens (tertiary/aromatic N) is 3. The molecule has 0 bridgehead atoms. The molecular formula is C17H22N4O2. The van der Waals surface area contributed by atoms with Crippen LogP contribution in [0.25, 0.3) is 16.8 Å². The van der Waals surface area contributed by atoms with Crippen molar-refractivity contribution in [2.45, 2.75) is 45.6 Å². The molecule has 0 radical (unpaired) electrons. The average molecular weight is 314 g/mol. The second kappa shape index (κ2) is 6.02. The van der Waals surface area contributed by atoms with E-state index in [4.69, 9.17) is 10.5 Å². The minimum atomic E-state index is -0.0987. The molecule has 2 heterocycles. The van der Waals surface area contributed by atoms with Crippen LogP contribution in [-0.2, 0) is 4.74 Å². The largest absolute Gasteiger partial charge is 0.494 e. The Balaban J connectivity index is 2.35. The minimum Gasteiger partial charge on any atom is -0.494 e. The zero-order valence-corrected chi connectivity index (χ0v) is 13.6. The van der Waals surface area contributed by atoms with E-state index in [0.717, 1.165) is 36.6 Å². The third kappa shape index (κ3) is 2.58. The Morgan fingerprint density at radius 2 is 2.17 bits per heavy atom. The molecule has 2 N–H and O–H groups in total. The molecular weight excluding hydrogens is 292 g/mol. The summed E-state index contributed by atoms with van der Waals surface area (Å²) in [5, 5.41) is 0.821. The van der Waals surface area contributed by atoms with Crippen molar-refractivity contribution >= 4 is 22.7 Å². The van der Waals surface area contributed by atoms with Gasteiger partial charge in [0.2, 0.25) is 5.95 Å². The highest BCUT2D eigenvalue weighted by atomic mass is 16.5. The molecule has 122 valence electrons. The van der Waals surface area contributed by atoms with Gasteiger partial charge in [-0.1, -0.05) is 19.4 Å². The van der Waals surface area contributed by atoms with Gasteiger partial charge in [0.05, 0.1) is 12.2 Å². The molecule has 2 aromatic rings. The third-order valence-electron chi connectivity index (χ3n) is 4.51. The van der Waals surface area contributed by atoms with Gasteiger partial charge < -0.3 is 10.5 Å². The van der Waals surface area contributed by atoms with Gasteiger partial charge in [-0.25, -0.2) is 4.98 Å². The van der Waals surface area contributed by atoms with Crippen LogP contribution in [0.3, 0.4) is 0 Å². The van der Waals surface area contributed by atoms with E-state index in [0.29, 0.717) is 23.6 Å². The fourth-order valence-electron chi connectivity index (χ4n) is 3.42. The predicted molar refractivity (Wildman–Crippen MR) is 91.1 cm³/mol. The Hall–Kier alpha value is -2.37. The van der Waals surface area contributed by atoms with Crippen molar-refractivity contribution < 1.29 is 4.74 Å². The fraction of sp³-hybridized carbons (Fsp3) is 0.471. The predicted octanol–water partition coefficient (Wildman–Crippen LogP) is 2.80. The van der Waals surface area contributed by atoms with Crippen LogP contribution in [0.4, 0.5) is 5.95 Å². The zero-order chi connectivity index (χ0) is 16.6. The number of aromatic nitrogens is 3. The lowest BCUT2D eigenvalue weighted by Crippen LogP contribution is -2.29. The van der Waals surface area contributed by atoms with E-state index >= 15 is 0 Å². The molecule has 0 amide bonds. The van der Waals surface area contributed by atoms with Crippen molar-refractivity contribution in [1.29, 1.82) is 0 Å². The summed E-state index contributed by atoms with van der Waals surface area (Å²) < 4.78 is 7.28. The van der Waals surface area contributed by atoms with Crippen LogP contribution in [0.2, 0.25) is 0 Å². The molecule has 0 aromatic carbocycles. The summed E-state index contributed by atoms with van der Waals surface area (Å²) in [5.41, 5.74) is 7.57. The number of pyridine rings is 1. The second-order valence-corrected chi connectivity index (χ2v) is 5.94. The average Bonchev–Trinajstić information content (AvgIpc) is 3.01. The van der Waals surface area contributed by atoms with Gasteiger partial charge in [-0.15, -0.1) is 0 Å². The van der Waals surface area contributed by atoms with Gasteiger partial charge >= 0.3 is 0 Å². The van der Waals surface area contributed by atoms with Crippen molar-refractivity contribution in [3.05, 3.63) is 34.3 Å². The third-order valence-corrected chi connectivity index (χ3v) is 4.51. The monoisotopic (exact) mass is 314 g/mol. The SMILES string of the molecule is C=C(OCC)c1c(C)c2cnc(N)nc2n(C2CCCC2)c1=O. The highest BCUT2D eigenvalue weighted by Crippen LogP contribution is 2.32. The molecule has 6 nitrogen and oxygen atoms in total. The minimum absolute atomic E-state index is 0.0987. The molecule has 1 aliphatic rings. The van der Waals surface area contributed by atoms with E-state index in [9.17, 15) is 4.79 Å². The van der Waals surface area contributed by atoms with Gasteiger partial charge in [0.25, 0.3) is 5.56 Å². The van der Waals surface area contributed by atoms with Crippen LogP contribution in [0.5, 0.6) is 0 Å². The van der Waals surface area contributed by atoms with E-state index in [1.165, 1.54) is 0 Å². The molecule has 23 heavy (non-hydrogen) atoms. The first kappa shape index (κ1) is 15.5. The highest BCUT2D eigenvalue weighted by Gasteiger charge is 2.25. The maximum atomic E-state index is 13.1. The number of ether oxygens (including phenoxy) is 1. The number of hydrogen-bond acceptors (Lipinski definition) is 5. The lowest BCUT2D eigenvalue weighted by atomic mass is 10.0. The summed E-state index contributed by atoms with van der Waals surface area (Å²) >= 11 is 0. The van der Waals surface area contributed by atoms with E-state index in [-0.39, 0.29) is 17.5 Å². The summed E-state index contributed by atoms with van der Waals surface area (Å²) in [6, 6.07) is 0.146. The highest BCUT2D eigenvalue weighted by molar-refractivity contribution is 5.83. The number of aryl methyl sites for hydroxylation is 1. The Kier molecular flexibility index (Phi) is 4.07. The number of rotatable bonds is 4. The molecule has 0 aliphatic heterocycles. The van der Waals surface area contributed by atoms with Gasteiger partial charge in [0.15, 0.2) is 0 Å². The summed E-state index contributed by atoms with van der Waals surface area (Å²) in [6.07, 6.45) is 5.87. The van der Waals surface area contributed by atoms with E-state index in [2.05, 4.69) is 16.5 Å². The molecule has 6 heteroatoms. The molecule has 1 fully saturated rings. The summed E-state index contributed by atoms with van der Waals surface area (Å²) in [6.45, 7) is 8.15. The van der Waals surface area contributed by atoms with E-state index in [1.54, 1.807) is 10.8 Å².